The fourth-order valence-corrected chi connectivity index (χ4v) is 2.40. The van der Waals surface area contributed by atoms with E-state index in [0.29, 0.717) is 19.3 Å². The van der Waals surface area contributed by atoms with E-state index in [1.54, 1.807) is 0 Å². The van der Waals surface area contributed by atoms with E-state index >= 15 is 0 Å². The van der Waals surface area contributed by atoms with Gasteiger partial charge in [0.25, 0.3) is 0 Å². The molecule has 0 aliphatic heterocycles. The van der Waals surface area contributed by atoms with Crippen LogP contribution in [0.25, 0.3) is 0 Å². The van der Waals surface area contributed by atoms with Gasteiger partial charge in [0.2, 0.25) is 0 Å². The molecule has 0 saturated heterocycles. The van der Waals surface area contributed by atoms with E-state index in [2.05, 4.69) is 15.9 Å². The normalized spacial score (nSPS) is 32.5. The number of carbonyl (C=O) groups is 1. The van der Waals surface area contributed by atoms with E-state index in [-0.39, 0.29) is 12.2 Å². The number of hydrogen-bond donors (Lipinski definition) is 0. The molecule has 0 spiro atoms. The van der Waals surface area contributed by atoms with Gasteiger partial charge in [-0.05, 0) is 12.8 Å². The van der Waals surface area contributed by atoms with E-state index in [4.69, 9.17) is 11.6 Å². The third-order valence-electron chi connectivity index (χ3n) is 2.89. The highest BCUT2D eigenvalue weighted by Crippen LogP contribution is 2.58. The van der Waals surface area contributed by atoms with Gasteiger partial charge in [0.15, 0.2) is 3.78 Å². The average molecular weight is 308 g/mol. The van der Waals surface area contributed by atoms with Crippen molar-refractivity contribution in [3.63, 3.8) is 0 Å². The molecule has 0 amide bonds. The first-order chi connectivity index (χ1) is 6.60. The van der Waals surface area contributed by atoms with E-state index in [1.165, 1.54) is 6.92 Å². The maximum Gasteiger partial charge on any atom is 0.418 e. The lowest BCUT2D eigenvalue weighted by Gasteiger charge is -2.43. The number of Topliss-reactive ketones (excluding diaryl/α,β-unsaturated/α-hetero) is 1. The standard InChI is InChI=1S/C9H11BrClF3O/c1-7(4-2-3-6(15)5-7)8(10,11)9(12,13)14/h2-5H2,1H3. The number of rotatable bonds is 1. The van der Waals surface area contributed by atoms with Gasteiger partial charge in [-0.2, -0.15) is 13.2 Å². The summed E-state index contributed by atoms with van der Waals surface area (Å²) >= 11 is 8.07. The first-order valence-electron chi connectivity index (χ1n) is 4.56. The zero-order chi connectivity index (χ0) is 11.9. The van der Waals surface area contributed by atoms with Crippen LogP contribution in [0.4, 0.5) is 13.2 Å². The van der Waals surface area contributed by atoms with E-state index < -0.39 is 15.4 Å². The van der Waals surface area contributed by atoms with Crippen LogP contribution in [-0.2, 0) is 4.79 Å². The van der Waals surface area contributed by atoms with Crippen LogP contribution in [0.3, 0.4) is 0 Å². The van der Waals surface area contributed by atoms with Gasteiger partial charge >= 0.3 is 6.18 Å². The molecule has 1 nitrogen and oxygen atoms in total. The molecule has 0 aromatic carbocycles. The fraction of sp³-hybridized carbons (Fsp3) is 0.889. The predicted molar refractivity (Wildman–Crippen MR) is 55.1 cm³/mol. The molecule has 0 bridgehead atoms. The van der Waals surface area contributed by atoms with Crippen molar-refractivity contribution in [3.8, 4) is 0 Å². The summed E-state index contributed by atoms with van der Waals surface area (Å²) in [5.74, 6) is -0.155. The second-order valence-electron chi connectivity index (χ2n) is 4.20. The molecule has 1 aliphatic carbocycles. The summed E-state index contributed by atoms with van der Waals surface area (Å²) in [6.07, 6.45) is -3.58. The summed E-state index contributed by atoms with van der Waals surface area (Å²) in [4.78, 5) is 11.2. The highest BCUT2D eigenvalue weighted by molar-refractivity contribution is 9.10. The largest absolute Gasteiger partial charge is 0.418 e. The Morgan fingerprint density at radius 3 is 2.40 bits per heavy atom. The Morgan fingerprint density at radius 2 is 2.00 bits per heavy atom. The first-order valence-corrected chi connectivity index (χ1v) is 5.73. The van der Waals surface area contributed by atoms with Crippen LogP contribution in [0.5, 0.6) is 0 Å². The second-order valence-corrected chi connectivity index (χ2v) is 6.41. The zero-order valence-corrected chi connectivity index (χ0v) is 10.5. The third kappa shape index (κ3) is 2.33. The summed E-state index contributed by atoms with van der Waals surface area (Å²) in [7, 11) is 0. The fourth-order valence-electron chi connectivity index (χ4n) is 1.90. The average Bonchev–Trinajstić information content (AvgIpc) is 2.01. The lowest BCUT2D eigenvalue weighted by molar-refractivity contribution is -0.165. The van der Waals surface area contributed by atoms with Crippen molar-refractivity contribution in [2.24, 2.45) is 5.41 Å². The molecule has 2 atom stereocenters. The van der Waals surface area contributed by atoms with Gasteiger partial charge in [0, 0.05) is 18.3 Å². The molecule has 6 heteroatoms. The van der Waals surface area contributed by atoms with Gasteiger partial charge in [-0.3, -0.25) is 4.79 Å². The van der Waals surface area contributed by atoms with Crippen molar-refractivity contribution in [3.05, 3.63) is 0 Å². The minimum Gasteiger partial charge on any atom is -0.300 e. The summed E-state index contributed by atoms with van der Waals surface area (Å²) < 4.78 is 35.6. The van der Waals surface area contributed by atoms with Crippen molar-refractivity contribution >= 4 is 33.3 Å². The van der Waals surface area contributed by atoms with Crippen LogP contribution in [-0.4, -0.2) is 15.7 Å². The van der Waals surface area contributed by atoms with E-state index in [1.807, 2.05) is 0 Å². The lowest BCUT2D eigenvalue weighted by Crippen LogP contribution is -2.50. The van der Waals surface area contributed by atoms with Gasteiger partial charge < -0.3 is 0 Å². The SMILES string of the molecule is CC1(C(Cl)(Br)C(F)(F)F)CCCC(=O)C1. The molecule has 15 heavy (non-hydrogen) atoms. The molecule has 0 heterocycles. The van der Waals surface area contributed by atoms with Crippen molar-refractivity contribution in [2.45, 2.75) is 42.6 Å². The summed E-state index contributed by atoms with van der Waals surface area (Å²) in [5.41, 5.74) is -1.26. The Kier molecular flexibility index (Phi) is 3.47. The van der Waals surface area contributed by atoms with Crippen LogP contribution < -0.4 is 0 Å². The molecule has 1 saturated carbocycles. The molecule has 1 aliphatic rings. The molecule has 1 fully saturated rings. The minimum absolute atomic E-state index is 0.124. The van der Waals surface area contributed by atoms with Gasteiger partial charge in [0.05, 0.1) is 0 Å². The molecule has 1 rings (SSSR count). The maximum absolute atomic E-state index is 12.7. The molecular formula is C9H11BrClF3O. The van der Waals surface area contributed by atoms with Crippen LogP contribution in [0.2, 0.25) is 0 Å². The Bertz CT molecular complexity index is 277. The highest BCUT2D eigenvalue weighted by atomic mass is 79.9. The van der Waals surface area contributed by atoms with Gasteiger partial charge in [-0.1, -0.05) is 34.5 Å². The van der Waals surface area contributed by atoms with Crippen molar-refractivity contribution in [2.75, 3.05) is 0 Å². The van der Waals surface area contributed by atoms with E-state index in [9.17, 15) is 18.0 Å². The predicted octanol–water partition coefficient (Wildman–Crippen LogP) is 4.03. The number of hydrogen-bond acceptors (Lipinski definition) is 1. The quantitative estimate of drug-likeness (QED) is 0.669. The monoisotopic (exact) mass is 306 g/mol. The second kappa shape index (κ2) is 3.91. The van der Waals surface area contributed by atoms with Crippen LogP contribution >= 0.6 is 27.5 Å². The molecule has 0 aromatic rings. The topological polar surface area (TPSA) is 17.1 Å². The minimum atomic E-state index is -4.57. The van der Waals surface area contributed by atoms with Gasteiger partial charge in [-0.25, -0.2) is 0 Å². The summed E-state index contributed by atoms with van der Waals surface area (Å²) in [6, 6.07) is 0. The Morgan fingerprint density at radius 1 is 1.47 bits per heavy atom. The third-order valence-corrected chi connectivity index (χ3v) is 4.96. The van der Waals surface area contributed by atoms with Crippen LogP contribution in [0.1, 0.15) is 32.6 Å². The Labute approximate surface area is 99.5 Å². The Balaban J connectivity index is 2.98. The molecular weight excluding hydrogens is 296 g/mol. The molecule has 0 aromatic heterocycles. The highest BCUT2D eigenvalue weighted by Gasteiger charge is 2.63. The van der Waals surface area contributed by atoms with Crippen molar-refractivity contribution in [1.82, 2.24) is 0 Å². The molecule has 2 unspecified atom stereocenters. The van der Waals surface area contributed by atoms with Crippen LogP contribution in [0, 0.1) is 5.41 Å². The molecule has 0 N–H and O–H groups in total. The number of alkyl halides is 5. The first kappa shape index (κ1) is 13.3. The van der Waals surface area contributed by atoms with Crippen molar-refractivity contribution < 1.29 is 18.0 Å². The maximum atomic E-state index is 12.7. The Hall–Kier alpha value is 0.230. The number of halogens is 5. The van der Waals surface area contributed by atoms with E-state index in [0.717, 1.165) is 0 Å². The zero-order valence-electron chi connectivity index (χ0n) is 8.13. The lowest BCUT2D eigenvalue weighted by atomic mass is 9.72. The summed E-state index contributed by atoms with van der Waals surface area (Å²) in [6.45, 7) is 1.40. The number of ketones is 1. The van der Waals surface area contributed by atoms with Gasteiger partial charge in [0.1, 0.15) is 5.78 Å². The van der Waals surface area contributed by atoms with Crippen LogP contribution in [0.15, 0.2) is 0 Å². The summed E-state index contributed by atoms with van der Waals surface area (Å²) in [5, 5.41) is 0. The molecule has 0 radical (unpaired) electrons. The molecule has 88 valence electrons. The smallest absolute Gasteiger partial charge is 0.300 e. The van der Waals surface area contributed by atoms with Crippen molar-refractivity contribution in [1.29, 1.82) is 0 Å². The van der Waals surface area contributed by atoms with Gasteiger partial charge in [-0.15, -0.1) is 0 Å². The number of carbonyl (C=O) groups excluding carboxylic acids is 1.